The van der Waals surface area contributed by atoms with Gasteiger partial charge < -0.3 is 20.3 Å². The molecule has 2 aliphatic heterocycles. The number of alkyl halides is 3. The monoisotopic (exact) mass is 447 g/mol. The molecule has 32 heavy (non-hydrogen) atoms. The fourth-order valence-corrected chi connectivity index (χ4v) is 3.75. The van der Waals surface area contributed by atoms with E-state index >= 15 is 0 Å². The first-order valence-electron chi connectivity index (χ1n) is 10.0. The minimum atomic E-state index is -4.54. The lowest BCUT2D eigenvalue weighted by atomic mass is 10.0. The zero-order valence-corrected chi connectivity index (χ0v) is 16.9. The predicted molar refractivity (Wildman–Crippen MR) is 108 cm³/mol. The Kier molecular flexibility index (Phi) is 5.77. The van der Waals surface area contributed by atoms with Crippen LogP contribution in [-0.4, -0.2) is 42.3 Å². The van der Waals surface area contributed by atoms with Crippen molar-refractivity contribution in [3.8, 4) is 5.75 Å². The molecule has 0 spiro atoms. The molecule has 1 saturated heterocycles. The lowest BCUT2D eigenvalue weighted by Crippen LogP contribution is -2.38. The van der Waals surface area contributed by atoms with E-state index < -0.39 is 23.7 Å². The van der Waals surface area contributed by atoms with Gasteiger partial charge in [0, 0.05) is 25.1 Å². The molecule has 2 heterocycles. The van der Waals surface area contributed by atoms with Crippen molar-refractivity contribution < 1.29 is 32.3 Å². The number of anilines is 1. The quantitative estimate of drug-likeness (QED) is 0.737. The highest BCUT2D eigenvalue weighted by atomic mass is 19.4. The van der Waals surface area contributed by atoms with Crippen LogP contribution in [0.2, 0.25) is 0 Å². The van der Waals surface area contributed by atoms with E-state index in [1.54, 1.807) is 0 Å². The summed E-state index contributed by atoms with van der Waals surface area (Å²) < 4.78 is 44.9. The first kappa shape index (κ1) is 21.7. The van der Waals surface area contributed by atoms with Crippen LogP contribution in [0.3, 0.4) is 0 Å². The Hall–Kier alpha value is -3.56. The summed E-state index contributed by atoms with van der Waals surface area (Å²) in [6.07, 6.45) is -3.51. The van der Waals surface area contributed by atoms with Gasteiger partial charge in [-0.15, -0.1) is 0 Å². The molecule has 10 heteroatoms. The predicted octanol–water partition coefficient (Wildman–Crippen LogP) is 3.13. The van der Waals surface area contributed by atoms with Crippen LogP contribution < -0.4 is 15.4 Å². The van der Waals surface area contributed by atoms with Crippen LogP contribution in [0.1, 0.15) is 40.4 Å². The van der Waals surface area contributed by atoms with E-state index in [9.17, 15) is 27.6 Å². The summed E-state index contributed by atoms with van der Waals surface area (Å²) in [5.74, 6) is -0.603. The van der Waals surface area contributed by atoms with E-state index in [1.807, 2.05) is 0 Å². The average Bonchev–Trinajstić information content (AvgIpc) is 3.16. The third kappa shape index (κ3) is 4.68. The minimum Gasteiger partial charge on any atom is -0.482 e. The number of halogens is 3. The van der Waals surface area contributed by atoms with Gasteiger partial charge in [-0.25, -0.2) is 0 Å². The Morgan fingerprint density at radius 3 is 2.72 bits per heavy atom. The number of hydrogen-bond donors (Lipinski definition) is 2. The SMILES string of the molecule is O=C1COc2ccc(C(=O)NC(CN3CCCC3=O)c3cccc(C(F)(F)F)c3)cc2N1. The molecule has 168 valence electrons. The molecule has 1 fully saturated rings. The van der Waals surface area contributed by atoms with Crippen molar-refractivity contribution in [2.45, 2.75) is 25.1 Å². The second kappa shape index (κ2) is 8.52. The fourth-order valence-electron chi connectivity index (χ4n) is 3.75. The van der Waals surface area contributed by atoms with E-state index in [-0.39, 0.29) is 36.1 Å². The maximum absolute atomic E-state index is 13.2. The van der Waals surface area contributed by atoms with Crippen LogP contribution in [0.4, 0.5) is 18.9 Å². The van der Waals surface area contributed by atoms with Gasteiger partial charge in [0.25, 0.3) is 11.8 Å². The number of carbonyl (C=O) groups is 3. The Labute approximate surface area is 181 Å². The molecule has 0 aromatic heterocycles. The van der Waals surface area contributed by atoms with Gasteiger partial charge in [-0.1, -0.05) is 12.1 Å². The zero-order chi connectivity index (χ0) is 22.9. The van der Waals surface area contributed by atoms with Crippen molar-refractivity contribution >= 4 is 23.4 Å². The number of hydrogen-bond acceptors (Lipinski definition) is 4. The molecule has 0 saturated carbocycles. The summed E-state index contributed by atoms with van der Waals surface area (Å²) in [5.41, 5.74) is -0.0726. The second-order valence-corrected chi connectivity index (χ2v) is 7.64. The summed E-state index contributed by atoms with van der Waals surface area (Å²) in [6.45, 7) is 0.406. The zero-order valence-electron chi connectivity index (χ0n) is 16.9. The number of rotatable bonds is 5. The van der Waals surface area contributed by atoms with Gasteiger partial charge in [-0.3, -0.25) is 14.4 Å². The highest BCUT2D eigenvalue weighted by Gasteiger charge is 2.32. The maximum atomic E-state index is 13.2. The Morgan fingerprint density at radius 2 is 2.00 bits per heavy atom. The van der Waals surface area contributed by atoms with E-state index in [0.717, 1.165) is 12.1 Å². The summed E-state index contributed by atoms with van der Waals surface area (Å²) >= 11 is 0. The first-order valence-corrected chi connectivity index (χ1v) is 10.0. The van der Waals surface area contributed by atoms with Crippen molar-refractivity contribution in [3.05, 3.63) is 59.2 Å². The molecule has 2 N–H and O–H groups in total. The smallest absolute Gasteiger partial charge is 0.416 e. The highest BCUT2D eigenvalue weighted by molar-refractivity contribution is 6.00. The molecule has 0 aliphatic carbocycles. The van der Waals surface area contributed by atoms with Crippen LogP contribution in [-0.2, 0) is 15.8 Å². The van der Waals surface area contributed by atoms with E-state index in [2.05, 4.69) is 10.6 Å². The Bertz CT molecular complexity index is 1070. The van der Waals surface area contributed by atoms with Crippen LogP contribution >= 0.6 is 0 Å². The number of benzene rings is 2. The third-order valence-electron chi connectivity index (χ3n) is 5.37. The molecule has 2 aromatic rings. The van der Waals surface area contributed by atoms with Gasteiger partial charge >= 0.3 is 6.18 Å². The number of nitrogens with one attached hydrogen (secondary N) is 2. The topological polar surface area (TPSA) is 87.7 Å². The molecule has 7 nitrogen and oxygen atoms in total. The number of amides is 3. The van der Waals surface area contributed by atoms with Crippen LogP contribution in [0.5, 0.6) is 5.75 Å². The van der Waals surface area contributed by atoms with E-state index in [0.29, 0.717) is 30.8 Å². The fraction of sp³-hybridized carbons (Fsp3) is 0.318. The molecule has 1 unspecified atom stereocenters. The summed E-state index contributed by atoms with van der Waals surface area (Å²) in [5, 5.41) is 5.35. The number of carbonyl (C=O) groups excluding carboxylic acids is 3. The lowest BCUT2D eigenvalue weighted by Gasteiger charge is -2.26. The molecule has 4 rings (SSSR count). The van der Waals surface area contributed by atoms with Gasteiger partial charge in [0.15, 0.2) is 6.61 Å². The molecular formula is C22H20F3N3O4. The summed E-state index contributed by atoms with van der Waals surface area (Å²) in [4.78, 5) is 38.1. The van der Waals surface area contributed by atoms with Gasteiger partial charge in [0.1, 0.15) is 5.75 Å². The Morgan fingerprint density at radius 1 is 1.19 bits per heavy atom. The van der Waals surface area contributed by atoms with Crippen LogP contribution in [0, 0.1) is 0 Å². The number of likely N-dealkylation sites (tertiary alicyclic amines) is 1. The standard InChI is InChI=1S/C22H20F3N3O4/c23-22(24,25)15-4-1-3-13(9-15)17(11-28-8-2-5-20(28)30)27-21(31)14-6-7-18-16(10-14)26-19(29)12-32-18/h1,3-4,6-7,9-10,17H,2,5,8,11-12H2,(H,26,29)(H,27,31). The molecule has 1 atom stereocenters. The normalized spacial score (nSPS) is 16.8. The van der Waals surface area contributed by atoms with Crippen molar-refractivity contribution in [3.63, 3.8) is 0 Å². The number of fused-ring (bicyclic) bond motifs is 1. The molecule has 2 aliphatic rings. The second-order valence-electron chi connectivity index (χ2n) is 7.64. The molecular weight excluding hydrogens is 427 g/mol. The summed E-state index contributed by atoms with van der Waals surface area (Å²) in [7, 11) is 0. The molecule has 2 aromatic carbocycles. The minimum absolute atomic E-state index is 0.0523. The van der Waals surface area contributed by atoms with Crippen molar-refractivity contribution in [1.82, 2.24) is 10.2 Å². The van der Waals surface area contributed by atoms with Crippen LogP contribution in [0.15, 0.2) is 42.5 Å². The van der Waals surface area contributed by atoms with Gasteiger partial charge in [0.2, 0.25) is 5.91 Å². The van der Waals surface area contributed by atoms with Crippen LogP contribution in [0.25, 0.3) is 0 Å². The van der Waals surface area contributed by atoms with Gasteiger partial charge in [0.05, 0.1) is 17.3 Å². The Balaban J connectivity index is 1.60. The molecule has 3 amide bonds. The third-order valence-corrected chi connectivity index (χ3v) is 5.37. The number of nitrogens with zero attached hydrogens (tertiary/aromatic N) is 1. The molecule has 0 radical (unpaired) electrons. The van der Waals surface area contributed by atoms with E-state index in [4.69, 9.17) is 4.74 Å². The summed E-state index contributed by atoms with van der Waals surface area (Å²) in [6, 6.07) is 8.31. The van der Waals surface area contributed by atoms with E-state index in [1.165, 1.54) is 35.2 Å². The van der Waals surface area contributed by atoms with Gasteiger partial charge in [-0.05, 0) is 42.3 Å². The highest BCUT2D eigenvalue weighted by Crippen LogP contribution is 2.32. The van der Waals surface area contributed by atoms with Crippen molar-refractivity contribution in [2.24, 2.45) is 0 Å². The maximum Gasteiger partial charge on any atom is 0.416 e. The average molecular weight is 447 g/mol. The molecule has 0 bridgehead atoms. The first-order chi connectivity index (χ1) is 15.2. The largest absolute Gasteiger partial charge is 0.482 e. The lowest BCUT2D eigenvalue weighted by molar-refractivity contribution is -0.137. The van der Waals surface area contributed by atoms with Gasteiger partial charge in [-0.2, -0.15) is 13.2 Å². The number of ether oxygens (including phenoxy) is 1. The van der Waals surface area contributed by atoms with Crippen molar-refractivity contribution in [1.29, 1.82) is 0 Å². The van der Waals surface area contributed by atoms with Crippen molar-refractivity contribution in [2.75, 3.05) is 25.0 Å².